The topological polar surface area (TPSA) is 75.5 Å². The van der Waals surface area contributed by atoms with Crippen molar-refractivity contribution in [3.8, 4) is 5.75 Å². The number of hydrogen-bond acceptors (Lipinski definition) is 5. The van der Waals surface area contributed by atoms with Gasteiger partial charge in [-0.1, -0.05) is 18.2 Å². The van der Waals surface area contributed by atoms with Gasteiger partial charge in [0, 0.05) is 12.1 Å². The van der Waals surface area contributed by atoms with Crippen LogP contribution in [0.2, 0.25) is 0 Å². The molecule has 0 saturated heterocycles. The van der Waals surface area contributed by atoms with E-state index in [2.05, 4.69) is 9.97 Å². The van der Waals surface area contributed by atoms with Gasteiger partial charge in [-0.05, 0) is 6.07 Å². The Bertz CT molecular complexity index is 628. The van der Waals surface area contributed by atoms with Gasteiger partial charge in [-0.15, -0.1) is 0 Å². The molecule has 0 atom stereocenters. The second kappa shape index (κ2) is 5.16. The molecular weight excluding hydrogens is 258 g/mol. The van der Waals surface area contributed by atoms with Gasteiger partial charge in [0.15, 0.2) is 5.69 Å². The molecule has 1 aromatic carbocycles. The van der Waals surface area contributed by atoms with Crippen LogP contribution < -0.4 is 9.64 Å². The van der Waals surface area contributed by atoms with E-state index in [4.69, 9.17) is 9.84 Å². The van der Waals surface area contributed by atoms with Crippen LogP contribution in [-0.4, -0.2) is 34.2 Å². The van der Waals surface area contributed by atoms with Crippen LogP contribution >= 0.6 is 0 Å². The second-order valence-electron chi connectivity index (χ2n) is 4.44. The van der Waals surface area contributed by atoms with Crippen LogP contribution in [0.5, 0.6) is 5.75 Å². The average Bonchev–Trinajstić information content (AvgIpc) is 2.69. The minimum atomic E-state index is -1.08. The number of para-hydroxylation sites is 1. The molecule has 2 heterocycles. The lowest BCUT2D eigenvalue weighted by Crippen LogP contribution is -2.26. The lowest BCUT2D eigenvalue weighted by atomic mass is 10.2. The van der Waals surface area contributed by atoms with Crippen LogP contribution in [0.1, 0.15) is 16.1 Å². The molecule has 0 radical (unpaired) electrons. The maximum absolute atomic E-state index is 10.8. The molecule has 6 heteroatoms. The summed E-state index contributed by atoms with van der Waals surface area (Å²) in [4.78, 5) is 20.9. The van der Waals surface area contributed by atoms with Crippen LogP contribution in [0, 0.1) is 0 Å². The van der Waals surface area contributed by atoms with Crippen molar-refractivity contribution >= 4 is 11.8 Å². The number of nitrogens with zero attached hydrogens (tertiary/aromatic N) is 3. The lowest BCUT2D eigenvalue weighted by molar-refractivity contribution is 0.0690. The molecule has 1 aromatic heterocycles. The highest BCUT2D eigenvalue weighted by molar-refractivity contribution is 5.84. The van der Waals surface area contributed by atoms with Gasteiger partial charge >= 0.3 is 5.97 Å². The fraction of sp³-hybridized carbons (Fsp3) is 0.214. The predicted octanol–water partition coefficient (Wildman–Crippen LogP) is 1.57. The highest BCUT2D eigenvalue weighted by Crippen LogP contribution is 2.24. The fourth-order valence-electron chi connectivity index (χ4n) is 2.12. The summed E-state index contributed by atoms with van der Waals surface area (Å²) >= 11 is 0. The zero-order valence-corrected chi connectivity index (χ0v) is 10.7. The molecule has 0 unspecified atom stereocenters. The first-order valence-electron chi connectivity index (χ1n) is 6.25. The van der Waals surface area contributed by atoms with Gasteiger partial charge in [-0.3, -0.25) is 0 Å². The molecule has 6 nitrogen and oxygen atoms in total. The van der Waals surface area contributed by atoms with Gasteiger partial charge in [0.05, 0.1) is 18.9 Å². The SMILES string of the molecule is O=C(O)c1cnc(N2CCOc3ccccc3C2)cn1. The molecular formula is C14H13N3O3. The number of carbonyl (C=O) groups is 1. The highest BCUT2D eigenvalue weighted by Gasteiger charge is 2.17. The van der Waals surface area contributed by atoms with Crippen molar-refractivity contribution in [2.24, 2.45) is 0 Å². The van der Waals surface area contributed by atoms with Gasteiger partial charge in [0.25, 0.3) is 0 Å². The monoisotopic (exact) mass is 271 g/mol. The van der Waals surface area contributed by atoms with Gasteiger partial charge in [0.1, 0.15) is 18.2 Å². The fourth-order valence-corrected chi connectivity index (χ4v) is 2.12. The molecule has 102 valence electrons. The highest BCUT2D eigenvalue weighted by atomic mass is 16.5. The molecule has 0 amide bonds. The normalized spacial score (nSPS) is 14.1. The maximum Gasteiger partial charge on any atom is 0.356 e. The number of aromatic nitrogens is 2. The molecule has 3 rings (SSSR count). The van der Waals surface area contributed by atoms with Crippen LogP contribution in [0.4, 0.5) is 5.82 Å². The summed E-state index contributed by atoms with van der Waals surface area (Å²) in [7, 11) is 0. The quantitative estimate of drug-likeness (QED) is 0.893. The first kappa shape index (κ1) is 12.4. The third-order valence-electron chi connectivity index (χ3n) is 3.13. The van der Waals surface area contributed by atoms with Crippen molar-refractivity contribution in [1.29, 1.82) is 0 Å². The van der Waals surface area contributed by atoms with Crippen molar-refractivity contribution in [2.75, 3.05) is 18.1 Å². The molecule has 2 aromatic rings. The predicted molar refractivity (Wildman–Crippen MR) is 72.0 cm³/mol. The number of carboxylic acid groups (broad SMARTS) is 1. The summed E-state index contributed by atoms with van der Waals surface area (Å²) in [5.74, 6) is 0.453. The molecule has 1 aliphatic rings. The summed E-state index contributed by atoms with van der Waals surface area (Å²) in [6.07, 6.45) is 2.76. The third-order valence-corrected chi connectivity index (χ3v) is 3.13. The Labute approximate surface area is 115 Å². The number of carboxylic acids is 1. The molecule has 0 fully saturated rings. The Morgan fingerprint density at radius 2 is 2.10 bits per heavy atom. The number of rotatable bonds is 2. The minimum absolute atomic E-state index is 0.0553. The second-order valence-corrected chi connectivity index (χ2v) is 4.44. The Morgan fingerprint density at radius 3 is 2.85 bits per heavy atom. The standard InChI is InChI=1S/C14H13N3O3/c18-14(19)11-7-16-13(8-15-11)17-5-6-20-12-4-2-1-3-10(12)9-17/h1-4,7-8H,5-6,9H2,(H,18,19). The Morgan fingerprint density at radius 1 is 1.25 bits per heavy atom. The number of aromatic carboxylic acids is 1. The van der Waals surface area contributed by atoms with E-state index >= 15 is 0 Å². The maximum atomic E-state index is 10.8. The Kier molecular flexibility index (Phi) is 3.20. The number of anilines is 1. The summed E-state index contributed by atoms with van der Waals surface area (Å²) in [6.45, 7) is 1.90. The Hall–Kier alpha value is -2.63. The largest absolute Gasteiger partial charge is 0.491 e. The number of benzene rings is 1. The lowest BCUT2D eigenvalue weighted by Gasteiger charge is -2.20. The van der Waals surface area contributed by atoms with Crippen molar-refractivity contribution < 1.29 is 14.6 Å². The Balaban J connectivity index is 1.85. The van der Waals surface area contributed by atoms with E-state index in [1.807, 2.05) is 29.2 Å². The molecule has 20 heavy (non-hydrogen) atoms. The van der Waals surface area contributed by atoms with Crippen molar-refractivity contribution in [1.82, 2.24) is 9.97 Å². The summed E-state index contributed by atoms with van der Waals surface area (Å²) in [5.41, 5.74) is 1.02. The van der Waals surface area contributed by atoms with Crippen LogP contribution in [0.25, 0.3) is 0 Å². The molecule has 0 saturated carbocycles. The van der Waals surface area contributed by atoms with Gasteiger partial charge in [0.2, 0.25) is 0 Å². The van der Waals surface area contributed by atoms with Crippen molar-refractivity contribution in [3.63, 3.8) is 0 Å². The summed E-state index contributed by atoms with van der Waals surface area (Å²) in [6, 6.07) is 7.85. The molecule has 0 bridgehead atoms. The first-order chi connectivity index (χ1) is 9.74. The van der Waals surface area contributed by atoms with E-state index in [1.165, 1.54) is 12.4 Å². The van der Waals surface area contributed by atoms with Crippen LogP contribution in [0.15, 0.2) is 36.7 Å². The number of ether oxygens (including phenoxy) is 1. The average molecular weight is 271 g/mol. The van der Waals surface area contributed by atoms with Gasteiger partial charge in [-0.25, -0.2) is 14.8 Å². The van der Waals surface area contributed by atoms with Crippen LogP contribution in [-0.2, 0) is 6.54 Å². The van der Waals surface area contributed by atoms with Crippen molar-refractivity contribution in [2.45, 2.75) is 6.54 Å². The first-order valence-corrected chi connectivity index (χ1v) is 6.25. The zero-order valence-electron chi connectivity index (χ0n) is 10.7. The van der Waals surface area contributed by atoms with E-state index in [-0.39, 0.29) is 5.69 Å². The molecule has 1 N–H and O–H groups in total. The van der Waals surface area contributed by atoms with Crippen LogP contribution in [0.3, 0.4) is 0 Å². The molecule has 0 aliphatic carbocycles. The summed E-state index contributed by atoms with van der Waals surface area (Å²) < 4.78 is 5.68. The summed E-state index contributed by atoms with van der Waals surface area (Å²) in [5, 5.41) is 8.83. The number of hydrogen-bond donors (Lipinski definition) is 1. The zero-order chi connectivity index (χ0) is 13.9. The van der Waals surface area contributed by atoms with E-state index in [0.717, 1.165) is 11.3 Å². The van der Waals surface area contributed by atoms with Crippen molar-refractivity contribution in [3.05, 3.63) is 47.9 Å². The van der Waals surface area contributed by atoms with E-state index in [1.54, 1.807) is 0 Å². The van der Waals surface area contributed by atoms with E-state index < -0.39 is 5.97 Å². The number of fused-ring (bicyclic) bond motifs is 1. The minimum Gasteiger partial charge on any atom is -0.491 e. The molecule has 1 aliphatic heterocycles. The molecule has 0 spiro atoms. The smallest absolute Gasteiger partial charge is 0.356 e. The van der Waals surface area contributed by atoms with Gasteiger partial charge < -0.3 is 14.7 Å². The van der Waals surface area contributed by atoms with Gasteiger partial charge in [-0.2, -0.15) is 0 Å². The third kappa shape index (κ3) is 2.40. The van der Waals surface area contributed by atoms with E-state index in [9.17, 15) is 4.79 Å². The van der Waals surface area contributed by atoms with E-state index in [0.29, 0.717) is 25.5 Å².